The quantitative estimate of drug-likeness (QED) is 0.389. The lowest BCUT2D eigenvalue weighted by atomic mass is 10.0. The van der Waals surface area contributed by atoms with Gasteiger partial charge >= 0.3 is 18.2 Å². The number of ether oxygens (including phenoxy) is 1. The van der Waals surface area contributed by atoms with E-state index >= 15 is 0 Å². The average molecular weight is 452 g/mol. The van der Waals surface area contributed by atoms with Gasteiger partial charge in [0, 0.05) is 0 Å². The Morgan fingerprint density at radius 2 is 1.56 bits per heavy atom. The predicted molar refractivity (Wildman–Crippen MR) is 105 cm³/mol. The van der Waals surface area contributed by atoms with Crippen molar-refractivity contribution in [3.05, 3.63) is 88.3 Å². The minimum Gasteiger partial charge on any atom is -0.406 e. The molecule has 1 heterocycles. The summed E-state index contributed by atoms with van der Waals surface area (Å²) in [7, 11) is 0. The van der Waals surface area contributed by atoms with Gasteiger partial charge in [-0.25, -0.2) is 4.79 Å². The van der Waals surface area contributed by atoms with Gasteiger partial charge in [0.05, 0.1) is 23.1 Å². The lowest BCUT2D eigenvalue weighted by Gasteiger charge is -2.11. The predicted octanol–water partition coefficient (Wildman–Crippen LogP) is 5.96. The van der Waals surface area contributed by atoms with Gasteiger partial charge < -0.3 is 9.72 Å². The third-order valence-corrected chi connectivity index (χ3v) is 4.77. The number of alkyl halides is 6. The van der Waals surface area contributed by atoms with E-state index in [2.05, 4.69) is 9.72 Å². The third kappa shape index (κ3) is 4.63. The molecule has 0 aliphatic heterocycles. The van der Waals surface area contributed by atoms with E-state index in [1.165, 1.54) is 28.8 Å². The van der Waals surface area contributed by atoms with Crippen LogP contribution in [-0.2, 0) is 12.7 Å². The van der Waals surface area contributed by atoms with E-state index in [4.69, 9.17) is 0 Å². The first-order chi connectivity index (χ1) is 15.0. The van der Waals surface area contributed by atoms with E-state index in [9.17, 15) is 31.1 Å². The summed E-state index contributed by atoms with van der Waals surface area (Å²) in [6.45, 7) is -0.0310. The maximum atomic E-state index is 13.0. The number of H-pyrrole nitrogens is 1. The number of aromatic nitrogens is 2. The highest BCUT2D eigenvalue weighted by Gasteiger charge is 2.31. The van der Waals surface area contributed by atoms with Crippen LogP contribution in [0.5, 0.6) is 5.75 Å². The molecule has 0 bridgehead atoms. The molecule has 0 aliphatic rings. The zero-order valence-corrected chi connectivity index (χ0v) is 16.1. The first-order valence-electron chi connectivity index (χ1n) is 9.24. The molecule has 1 aromatic heterocycles. The van der Waals surface area contributed by atoms with Gasteiger partial charge in [-0.3, -0.25) is 4.57 Å². The van der Waals surface area contributed by atoms with Crippen molar-refractivity contribution >= 4 is 11.0 Å². The molecule has 3 aromatic carbocycles. The lowest BCUT2D eigenvalue weighted by molar-refractivity contribution is -0.274. The van der Waals surface area contributed by atoms with Gasteiger partial charge in [-0.05, 0) is 53.1 Å². The van der Waals surface area contributed by atoms with Crippen LogP contribution in [0.1, 0.15) is 11.1 Å². The zero-order chi connectivity index (χ0) is 23.1. The number of nitrogens with one attached hydrogen (secondary N) is 1. The monoisotopic (exact) mass is 452 g/mol. The Bertz CT molecular complexity index is 1330. The fourth-order valence-corrected chi connectivity index (χ4v) is 3.40. The van der Waals surface area contributed by atoms with Crippen LogP contribution in [0.25, 0.3) is 22.2 Å². The second-order valence-electron chi connectivity index (χ2n) is 7.02. The Morgan fingerprint density at radius 1 is 0.844 bits per heavy atom. The number of imidazole rings is 1. The molecule has 32 heavy (non-hydrogen) atoms. The Labute approximate surface area is 176 Å². The summed E-state index contributed by atoms with van der Waals surface area (Å²) in [5.74, 6) is -0.408. The van der Waals surface area contributed by atoms with E-state index in [-0.39, 0.29) is 6.54 Å². The van der Waals surface area contributed by atoms with Crippen LogP contribution >= 0.6 is 0 Å². The molecule has 0 fully saturated rings. The molecule has 4 aromatic rings. The number of benzene rings is 3. The van der Waals surface area contributed by atoms with E-state index in [1.54, 1.807) is 24.3 Å². The van der Waals surface area contributed by atoms with Crippen LogP contribution in [0, 0.1) is 0 Å². The standard InChI is InChI=1S/C22H14F6N2O2/c23-21(24,25)16-5-2-4-14(10-16)15-7-8-19-18(11-15)29-20(31)30(19)12-13-3-1-6-17(9-13)32-22(26,27)28/h1-11H,12H2,(H,29,31). The van der Waals surface area contributed by atoms with Crippen LogP contribution in [0.2, 0.25) is 0 Å². The molecule has 4 nitrogen and oxygen atoms in total. The summed E-state index contributed by atoms with van der Waals surface area (Å²) in [5, 5.41) is 0. The number of hydrogen-bond donors (Lipinski definition) is 1. The fraction of sp³-hybridized carbons (Fsp3) is 0.136. The van der Waals surface area contributed by atoms with Crippen LogP contribution in [0.3, 0.4) is 0 Å². The van der Waals surface area contributed by atoms with Crippen molar-refractivity contribution in [2.24, 2.45) is 0 Å². The first kappa shape index (κ1) is 21.5. The molecule has 0 spiro atoms. The van der Waals surface area contributed by atoms with Crippen molar-refractivity contribution in [3.63, 3.8) is 0 Å². The molecule has 4 rings (SSSR count). The second kappa shape index (κ2) is 7.77. The Hall–Kier alpha value is -3.69. The number of rotatable bonds is 4. The van der Waals surface area contributed by atoms with Crippen molar-refractivity contribution < 1.29 is 31.1 Å². The van der Waals surface area contributed by atoms with Crippen molar-refractivity contribution in [2.45, 2.75) is 19.1 Å². The maximum Gasteiger partial charge on any atom is 0.573 e. The van der Waals surface area contributed by atoms with Crippen molar-refractivity contribution in [1.82, 2.24) is 9.55 Å². The molecule has 0 saturated heterocycles. The van der Waals surface area contributed by atoms with E-state index in [0.29, 0.717) is 27.7 Å². The van der Waals surface area contributed by atoms with Crippen molar-refractivity contribution in [3.8, 4) is 16.9 Å². The molecule has 1 N–H and O–H groups in total. The summed E-state index contributed by atoms with van der Waals surface area (Å²) in [6.07, 6.45) is -9.32. The molecule has 0 atom stereocenters. The molecule has 0 radical (unpaired) electrons. The van der Waals surface area contributed by atoms with Crippen molar-refractivity contribution in [1.29, 1.82) is 0 Å². The molecule has 10 heteroatoms. The number of halogens is 6. The summed E-state index contributed by atoms with van der Waals surface area (Å²) >= 11 is 0. The minimum atomic E-state index is -4.84. The van der Waals surface area contributed by atoms with Gasteiger partial charge in [-0.1, -0.05) is 30.3 Å². The zero-order valence-electron chi connectivity index (χ0n) is 16.1. The molecule has 0 amide bonds. The summed E-state index contributed by atoms with van der Waals surface area (Å²) in [6, 6.07) is 14.7. The van der Waals surface area contributed by atoms with Gasteiger partial charge in [0.2, 0.25) is 0 Å². The SMILES string of the molecule is O=c1[nH]c2cc(-c3cccc(C(F)(F)F)c3)ccc2n1Cc1cccc(OC(F)(F)F)c1. The van der Waals surface area contributed by atoms with Crippen LogP contribution in [0.15, 0.2) is 71.5 Å². The third-order valence-electron chi connectivity index (χ3n) is 4.77. The molecule has 166 valence electrons. The largest absolute Gasteiger partial charge is 0.573 e. The van der Waals surface area contributed by atoms with E-state index in [0.717, 1.165) is 18.2 Å². The highest BCUT2D eigenvalue weighted by Crippen LogP contribution is 2.33. The van der Waals surface area contributed by atoms with Gasteiger partial charge in [0.25, 0.3) is 0 Å². The van der Waals surface area contributed by atoms with E-state index in [1.807, 2.05) is 0 Å². The molecular weight excluding hydrogens is 438 g/mol. The fourth-order valence-electron chi connectivity index (χ4n) is 3.40. The summed E-state index contributed by atoms with van der Waals surface area (Å²) in [4.78, 5) is 15.1. The van der Waals surface area contributed by atoms with Crippen LogP contribution in [-0.4, -0.2) is 15.9 Å². The number of hydrogen-bond acceptors (Lipinski definition) is 2. The van der Waals surface area contributed by atoms with Gasteiger partial charge in [0.1, 0.15) is 5.75 Å². The summed E-state index contributed by atoms with van der Waals surface area (Å²) < 4.78 is 81.5. The van der Waals surface area contributed by atoms with Crippen LogP contribution in [0.4, 0.5) is 26.3 Å². The van der Waals surface area contributed by atoms with Gasteiger partial charge in [0.15, 0.2) is 0 Å². The highest BCUT2D eigenvalue weighted by molar-refractivity contribution is 5.82. The Balaban J connectivity index is 1.67. The molecule has 0 aliphatic carbocycles. The second-order valence-corrected chi connectivity index (χ2v) is 7.02. The molecule has 0 unspecified atom stereocenters. The molecule has 0 saturated carbocycles. The highest BCUT2D eigenvalue weighted by atomic mass is 19.4. The first-order valence-corrected chi connectivity index (χ1v) is 9.24. The lowest BCUT2D eigenvalue weighted by Crippen LogP contribution is -2.18. The minimum absolute atomic E-state index is 0.0310. The van der Waals surface area contributed by atoms with Gasteiger partial charge in [-0.2, -0.15) is 13.2 Å². The normalized spacial score (nSPS) is 12.3. The number of fused-ring (bicyclic) bond motifs is 1. The number of aromatic amines is 1. The number of nitrogens with zero attached hydrogens (tertiary/aromatic N) is 1. The van der Waals surface area contributed by atoms with Crippen LogP contribution < -0.4 is 10.4 Å². The average Bonchev–Trinajstić information content (AvgIpc) is 3.01. The van der Waals surface area contributed by atoms with Gasteiger partial charge in [-0.15, -0.1) is 13.2 Å². The maximum absolute atomic E-state index is 13.0. The topological polar surface area (TPSA) is 47.0 Å². The van der Waals surface area contributed by atoms with Crippen molar-refractivity contribution in [2.75, 3.05) is 0 Å². The Morgan fingerprint density at radius 3 is 2.28 bits per heavy atom. The van der Waals surface area contributed by atoms with E-state index < -0.39 is 29.5 Å². The smallest absolute Gasteiger partial charge is 0.406 e. The Kier molecular flexibility index (Phi) is 5.23. The summed E-state index contributed by atoms with van der Waals surface area (Å²) in [5.41, 5.74) is 0.729. The molecular formula is C22H14F6N2O2.